The molecule has 2 aromatic carbocycles. The van der Waals surface area contributed by atoms with Crippen LogP contribution in [-0.4, -0.2) is 29.5 Å². The zero-order valence-corrected chi connectivity index (χ0v) is 15.2. The van der Waals surface area contributed by atoms with E-state index in [0.29, 0.717) is 22.7 Å². The summed E-state index contributed by atoms with van der Waals surface area (Å²) in [7, 11) is 0. The molecule has 144 valence electrons. The third-order valence-corrected chi connectivity index (χ3v) is 5.00. The average Bonchev–Trinajstić information content (AvgIpc) is 2.78. The number of fused-ring (bicyclic) bond motifs is 1. The van der Waals surface area contributed by atoms with Crippen molar-refractivity contribution in [3.63, 3.8) is 0 Å². The van der Waals surface area contributed by atoms with E-state index in [0.717, 1.165) is 5.56 Å². The molecule has 1 aliphatic rings. The summed E-state index contributed by atoms with van der Waals surface area (Å²) in [4.78, 5) is 12.7. The van der Waals surface area contributed by atoms with Gasteiger partial charge in [0.15, 0.2) is 0 Å². The second-order valence-electron chi connectivity index (χ2n) is 6.10. The molecule has 4 nitrogen and oxygen atoms in total. The number of aliphatic carboxylic acids is 1. The van der Waals surface area contributed by atoms with Gasteiger partial charge in [0.25, 0.3) is 0 Å². The third-order valence-electron chi connectivity index (χ3n) is 4.22. The van der Waals surface area contributed by atoms with Crippen molar-refractivity contribution < 1.29 is 27.8 Å². The van der Waals surface area contributed by atoms with Gasteiger partial charge in [-0.05, 0) is 41.8 Å². The molecule has 0 spiro atoms. The number of alkyl halides is 4. The second-order valence-corrected chi connectivity index (χ2v) is 6.99. The molecule has 2 aromatic rings. The largest absolute Gasteiger partial charge is 0.573 e. The lowest BCUT2D eigenvalue weighted by atomic mass is 9.93. The van der Waals surface area contributed by atoms with Crippen LogP contribution in [0.3, 0.4) is 0 Å². The summed E-state index contributed by atoms with van der Waals surface area (Å²) in [6.45, 7) is -0.310. The first-order chi connectivity index (χ1) is 12.6. The third kappa shape index (κ3) is 4.59. The minimum absolute atomic E-state index is 0.310. The molecule has 1 aliphatic heterocycles. The highest BCUT2D eigenvalue weighted by Crippen LogP contribution is 2.45. The summed E-state index contributed by atoms with van der Waals surface area (Å²) in [5, 5.41) is 9.59. The lowest BCUT2D eigenvalue weighted by molar-refractivity contribution is -0.274. The molecule has 1 N–H and O–H groups in total. The van der Waals surface area contributed by atoms with E-state index in [1.54, 1.807) is 24.3 Å². The first kappa shape index (κ1) is 19.6. The van der Waals surface area contributed by atoms with Gasteiger partial charge in [0.1, 0.15) is 17.8 Å². The fourth-order valence-electron chi connectivity index (χ4n) is 3.23. The van der Waals surface area contributed by atoms with E-state index in [-0.39, 0.29) is 18.2 Å². The standard InChI is InChI=1S/C18H14Cl2F3NO3/c19-11-4-5-13-14(17(20)24(9-16(25)26)15(13)8-11)7-10-2-1-3-12(6-10)27-18(21,22)23/h1-6,8,14,17H,7,9H2,(H,25,26). The van der Waals surface area contributed by atoms with Crippen LogP contribution in [0.5, 0.6) is 5.75 Å². The number of hydrogen-bond acceptors (Lipinski definition) is 3. The van der Waals surface area contributed by atoms with Crippen molar-refractivity contribution >= 4 is 34.9 Å². The molecule has 2 atom stereocenters. The Labute approximate surface area is 163 Å². The SMILES string of the molecule is O=C(O)CN1c2cc(Cl)ccc2C(Cc2cccc(OC(F)(F)F)c2)C1Cl. The molecule has 0 radical (unpaired) electrons. The number of hydrogen-bond donors (Lipinski definition) is 1. The first-order valence-electron chi connectivity index (χ1n) is 7.90. The molecule has 0 bridgehead atoms. The molecule has 2 unspecified atom stereocenters. The van der Waals surface area contributed by atoms with E-state index in [9.17, 15) is 18.0 Å². The summed E-state index contributed by atoms with van der Waals surface area (Å²) >= 11 is 12.5. The molecule has 0 aromatic heterocycles. The van der Waals surface area contributed by atoms with Gasteiger partial charge in [0.05, 0.1) is 0 Å². The zero-order chi connectivity index (χ0) is 19.8. The molecule has 3 rings (SSSR count). The average molecular weight is 420 g/mol. The number of anilines is 1. The van der Waals surface area contributed by atoms with Crippen LogP contribution in [0.1, 0.15) is 17.0 Å². The van der Waals surface area contributed by atoms with Crippen molar-refractivity contribution in [3.8, 4) is 5.75 Å². The van der Waals surface area contributed by atoms with Crippen molar-refractivity contribution in [1.29, 1.82) is 0 Å². The highest BCUT2D eigenvalue weighted by Gasteiger charge is 2.38. The van der Waals surface area contributed by atoms with E-state index in [4.69, 9.17) is 28.3 Å². The molecule has 1 heterocycles. The van der Waals surface area contributed by atoms with Gasteiger partial charge in [-0.15, -0.1) is 13.2 Å². The molecule has 0 amide bonds. The lowest BCUT2D eigenvalue weighted by Gasteiger charge is -2.24. The number of benzene rings is 2. The van der Waals surface area contributed by atoms with Crippen molar-refractivity contribution in [2.45, 2.75) is 24.2 Å². The summed E-state index contributed by atoms with van der Waals surface area (Å²) in [6.07, 6.45) is -4.46. The maximum absolute atomic E-state index is 12.4. The van der Waals surface area contributed by atoms with Gasteiger partial charge >= 0.3 is 12.3 Å². The highest BCUT2D eigenvalue weighted by atomic mass is 35.5. The fourth-order valence-corrected chi connectivity index (χ4v) is 3.79. The molecular weight excluding hydrogens is 406 g/mol. The first-order valence-corrected chi connectivity index (χ1v) is 8.72. The van der Waals surface area contributed by atoms with Gasteiger partial charge in [-0.25, -0.2) is 0 Å². The van der Waals surface area contributed by atoms with Gasteiger partial charge in [-0.2, -0.15) is 0 Å². The van der Waals surface area contributed by atoms with Gasteiger partial charge < -0.3 is 14.7 Å². The molecule has 0 saturated heterocycles. The number of nitrogens with zero attached hydrogens (tertiary/aromatic N) is 1. The summed E-state index contributed by atoms with van der Waals surface area (Å²) < 4.78 is 41.2. The predicted molar refractivity (Wildman–Crippen MR) is 95.6 cm³/mol. The molecule has 9 heteroatoms. The van der Waals surface area contributed by atoms with E-state index >= 15 is 0 Å². The number of ether oxygens (including phenoxy) is 1. The van der Waals surface area contributed by atoms with Crippen molar-refractivity contribution in [3.05, 3.63) is 58.6 Å². The van der Waals surface area contributed by atoms with Gasteiger partial charge in [0.2, 0.25) is 0 Å². The monoisotopic (exact) mass is 419 g/mol. The number of carboxylic acids is 1. The normalized spacial score (nSPS) is 19.1. The Kier molecular flexibility index (Phi) is 5.44. The highest BCUT2D eigenvalue weighted by molar-refractivity contribution is 6.31. The number of carboxylic acid groups (broad SMARTS) is 1. The number of halogens is 5. The van der Waals surface area contributed by atoms with Gasteiger partial charge in [-0.3, -0.25) is 4.79 Å². The smallest absolute Gasteiger partial charge is 0.480 e. The van der Waals surface area contributed by atoms with Crippen LogP contribution >= 0.6 is 23.2 Å². The summed E-state index contributed by atoms with van der Waals surface area (Å²) in [5.74, 6) is -1.69. The van der Waals surface area contributed by atoms with E-state index in [1.807, 2.05) is 0 Å². The Morgan fingerprint density at radius 2 is 1.96 bits per heavy atom. The fraction of sp³-hybridized carbons (Fsp3) is 0.278. The summed E-state index contributed by atoms with van der Waals surface area (Å²) in [5.41, 5.74) is 1.31. The van der Waals surface area contributed by atoms with Crippen LogP contribution in [0.15, 0.2) is 42.5 Å². The maximum atomic E-state index is 12.4. The summed E-state index contributed by atoms with van der Waals surface area (Å²) in [6, 6.07) is 10.7. The van der Waals surface area contributed by atoms with E-state index < -0.39 is 17.8 Å². The number of carbonyl (C=O) groups is 1. The van der Waals surface area contributed by atoms with Crippen LogP contribution in [0, 0.1) is 0 Å². The van der Waals surface area contributed by atoms with Crippen LogP contribution in [0.4, 0.5) is 18.9 Å². The quantitative estimate of drug-likeness (QED) is 0.545. The second kappa shape index (κ2) is 7.48. The van der Waals surface area contributed by atoms with Crippen LogP contribution in [0.2, 0.25) is 5.02 Å². The Morgan fingerprint density at radius 1 is 1.22 bits per heavy atom. The molecule has 0 fully saturated rings. The lowest BCUT2D eigenvalue weighted by Crippen LogP contribution is -2.34. The Bertz CT molecular complexity index is 860. The van der Waals surface area contributed by atoms with Crippen LogP contribution in [0.25, 0.3) is 0 Å². The molecule has 0 aliphatic carbocycles. The number of rotatable bonds is 5. The van der Waals surface area contributed by atoms with E-state index in [2.05, 4.69) is 4.74 Å². The topological polar surface area (TPSA) is 49.8 Å². The predicted octanol–water partition coefficient (Wildman–Crippen LogP) is 5.03. The molecule has 27 heavy (non-hydrogen) atoms. The Morgan fingerprint density at radius 3 is 2.63 bits per heavy atom. The minimum atomic E-state index is -4.78. The van der Waals surface area contributed by atoms with E-state index in [1.165, 1.54) is 23.1 Å². The Balaban J connectivity index is 1.89. The van der Waals surface area contributed by atoms with Crippen molar-refractivity contribution in [1.82, 2.24) is 0 Å². The van der Waals surface area contributed by atoms with Crippen molar-refractivity contribution in [2.75, 3.05) is 11.4 Å². The van der Waals surface area contributed by atoms with Crippen LogP contribution < -0.4 is 9.64 Å². The van der Waals surface area contributed by atoms with Gasteiger partial charge in [0, 0.05) is 16.6 Å². The minimum Gasteiger partial charge on any atom is -0.480 e. The van der Waals surface area contributed by atoms with Crippen molar-refractivity contribution in [2.24, 2.45) is 0 Å². The van der Waals surface area contributed by atoms with Crippen LogP contribution in [-0.2, 0) is 11.2 Å². The zero-order valence-electron chi connectivity index (χ0n) is 13.7. The van der Waals surface area contributed by atoms with Gasteiger partial charge in [-0.1, -0.05) is 41.4 Å². The Hall–Kier alpha value is -2.12. The maximum Gasteiger partial charge on any atom is 0.573 e. The molecular formula is C18H14Cl2F3NO3. The molecule has 0 saturated carbocycles.